The topological polar surface area (TPSA) is 80.4 Å². The van der Waals surface area contributed by atoms with Crippen LogP contribution in [0.1, 0.15) is 50.3 Å². The Balaban J connectivity index is 1.89. The summed E-state index contributed by atoms with van der Waals surface area (Å²) in [7, 11) is 0. The molecule has 1 aliphatic carbocycles. The van der Waals surface area contributed by atoms with Crippen molar-refractivity contribution in [3.63, 3.8) is 0 Å². The second-order valence-corrected chi connectivity index (χ2v) is 8.60. The van der Waals surface area contributed by atoms with Crippen LogP contribution in [-0.4, -0.2) is 29.6 Å². The summed E-state index contributed by atoms with van der Waals surface area (Å²) in [5, 5.41) is 3.44. The number of hydrogen-bond acceptors (Lipinski definition) is 4. The molecule has 3 N–H and O–H groups in total. The second-order valence-electron chi connectivity index (χ2n) is 8.60. The first-order valence-corrected chi connectivity index (χ1v) is 10.4. The third-order valence-electron chi connectivity index (χ3n) is 6.31. The van der Waals surface area contributed by atoms with Gasteiger partial charge in [0.2, 0.25) is 5.91 Å². The fraction of sp³-hybridized carbons (Fsp3) is 0.545. The molecule has 1 aromatic heterocycles. The van der Waals surface area contributed by atoms with E-state index in [0.29, 0.717) is 22.6 Å². The number of rotatable bonds is 5. The number of pyridine rings is 1. The molecule has 0 spiro atoms. The number of benzene rings is 1. The van der Waals surface area contributed by atoms with E-state index in [2.05, 4.69) is 10.2 Å². The normalized spacial score (nSPS) is 20.3. The molecule has 0 radical (unpaired) electrons. The lowest BCUT2D eigenvalue weighted by atomic mass is 10.0. The molecule has 1 saturated carbocycles. The van der Waals surface area contributed by atoms with Crippen LogP contribution < -0.4 is 21.5 Å². The second kappa shape index (κ2) is 7.44. The van der Waals surface area contributed by atoms with Crippen LogP contribution in [0.15, 0.2) is 16.9 Å². The number of hydrogen-bond donors (Lipinski definition) is 2. The van der Waals surface area contributed by atoms with Crippen molar-refractivity contribution in [1.29, 1.82) is 0 Å². The van der Waals surface area contributed by atoms with E-state index in [-0.39, 0.29) is 35.9 Å². The molecule has 1 saturated heterocycles. The van der Waals surface area contributed by atoms with Crippen molar-refractivity contribution in [1.82, 2.24) is 9.88 Å². The number of nitrogens with two attached hydrogens (primary N) is 1. The summed E-state index contributed by atoms with van der Waals surface area (Å²) in [6.45, 7) is 7.02. The quantitative estimate of drug-likeness (QED) is 0.809. The molecule has 6 nitrogen and oxygen atoms in total. The van der Waals surface area contributed by atoms with Crippen LogP contribution in [0.25, 0.3) is 10.9 Å². The van der Waals surface area contributed by atoms with Gasteiger partial charge in [0.15, 0.2) is 0 Å². The molecule has 1 aliphatic heterocycles. The number of amides is 1. The average Bonchev–Trinajstić information content (AvgIpc) is 3.36. The van der Waals surface area contributed by atoms with Gasteiger partial charge in [-0.1, -0.05) is 0 Å². The molecular weight excluding hydrogens is 371 g/mol. The highest BCUT2D eigenvalue weighted by atomic mass is 19.1. The molecule has 7 heteroatoms. The van der Waals surface area contributed by atoms with Gasteiger partial charge in [0.05, 0.1) is 11.2 Å². The maximum Gasteiger partial charge on any atom is 0.251 e. The van der Waals surface area contributed by atoms with Crippen molar-refractivity contribution in [3.05, 3.63) is 39.4 Å². The predicted molar refractivity (Wildman–Crippen MR) is 113 cm³/mol. The van der Waals surface area contributed by atoms with Crippen molar-refractivity contribution in [2.45, 2.75) is 58.7 Å². The van der Waals surface area contributed by atoms with E-state index in [1.807, 2.05) is 18.4 Å². The summed E-state index contributed by atoms with van der Waals surface area (Å²) in [6.07, 6.45) is 2.86. The average molecular weight is 400 g/mol. The third kappa shape index (κ3) is 3.64. The van der Waals surface area contributed by atoms with E-state index in [9.17, 15) is 9.59 Å². The van der Waals surface area contributed by atoms with Gasteiger partial charge in [0.1, 0.15) is 5.82 Å². The molecule has 2 fully saturated rings. The molecule has 2 heterocycles. The number of halogens is 1. The molecule has 29 heavy (non-hydrogen) atoms. The molecule has 0 unspecified atom stereocenters. The van der Waals surface area contributed by atoms with Crippen LogP contribution in [0.4, 0.5) is 10.1 Å². The number of carbonyl (C=O) groups is 1. The summed E-state index contributed by atoms with van der Waals surface area (Å²) in [5.74, 6) is -0.135. The Morgan fingerprint density at radius 1 is 1.34 bits per heavy atom. The van der Waals surface area contributed by atoms with Crippen molar-refractivity contribution in [3.8, 4) is 0 Å². The number of aromatic nitrogens is 1. The number of nitrogens with zero attached hydrogens (tertiary/aromatic N) is 2. The van der Waals surface area contributed by atoms with E-state index >= 15 is 4.39 Å². The van der Waals surface area contributed by atoms with Gasteiger partial charge in [0.25, 0.3) is 5.56 Å². The largest absolute Gasteiger partial charge is 0.369 e. The summed E-state index contributed by atoms with van der Waals surface area (Å²) >= 11 is 0. The Kier molecular flexibility index (Phi) is 5.11. The van der Waals surface area contributed by atoms with Gasteiger partial charge in [-0.15, -0.1) is 0 Å². The van der Waals surface area contributed by atoms with Crippen LogP contribution in [0.2, 0.25) is 0 Å². The van der Waals surface area contributed by atoms with Crippen molar-refractivity contribution in [2.24, 2.45) is 11.7 Å². The van der Waals surface area contributed by atoms with Gasteiger partial charge >= 0.3 is 0 Å². The predicted octanol–water partition coefficient (Wildman–Crippen LogP) is 2.59. The smallest absolute Gasteiger partial charge is 0.251 e. The van der Waals surface area contributed by atoms with Gasteiger partial charge in [-0.2, -0.15) is 0 Å². The fourth-order valence-electron chi connectivity index (χ4n) is 4.59. The first-order valence-electron chi connectivity index (χ1n) is 10.4. The van der Waals surface area contributed by atoms with Crippen molar-refractivity contribution < 1.29 is 9.18 Å². The molecule has 1 amide bonds. The van der Waals surface area contributed by atoms with Gasteiger partial charge in [-0.05, 0) is 56.2 Å². The Morgan fingerprint density at radius 3 is 2.66 bits per heavy atom. The standard InChI is InChI=1S/C22H29FN4O2/c1-12-21-18(9-19(23)22(12)26-7-6-15(11-26)13(2)24)16(10-25-14(3)28)8-20(29)27(21)17-4-5-17/h8-9,13,15,17H,4-7,10-11,24H2,1-3H3,(H,25,28)/t13-,15+/m0/s1. The van der Waals surface area contributed by atoms with Crippen LogP contribution >= 0.6 is 0 Å². The maximum atomic E-state index is 15.3. The van der Waals surface area contributed by atoms with E-state index in [1.54, 1.807) is 0 Å². The Labute approximate surface area is 169 Å². The minimum absolute atomic E-state index is 0.0673. The lowest BCUT2D eigenvalue weighted by Gasteiger charge is -2.25. The molecule has 156 valence electrons. The molecule has 4 rings (SSSR count). The molecule has 2 aromatic rings. The zero-order valence-corrected chi connectivity index (χ0v) is 17.3. The SMILES string of the molecule is CC(=O)NCc1cc(=O)n(C2CC2)c2c(C)c(N3CC[C@@H]([C@H](C)N)C3)c(F)cc12. The van der Waals surface area contributed by atoms with Gasteiger partial charge in [-0.3, -0.25) is 9.59 Å². The van der Waals surface area contributed by atoms with Gasteiger partial charge in [0, 0.05) is 50.1 Å². The molecule has 2 atom stereocenters. The van der Waals surface area contributed by atoms with E-state index in [4.69, 9.17) is 5.73 Å². The molecule has 2 aliphatic rings. The Hall–Kier alpha value is -2.41. The van der Waals surface area contributed by atoms with E-state index < -0.39 is 0 Å². The summed E-state index contributed by atoms with van der Waals surface area (Å²) in [6, 6.07) is 3.31. The highest BCUT2D eigenvalue weighted by molar-refractivity contribution is 5.90. The van der Waals surface area contributed by atoms with Crippen LogP contribution in [0.5, 0.6) is 0 Å². The third-order valence-corrected chi connectivity index (χ3v) is 6.31. The number of anilines is 1. The van der Waals surface area contributed by atoms with Crippen LogP contribution in [-0.2, 0) is 11.3 Å². The fourth-order valence-corrected chi connectivity index (χ4v) is 4.59. The number of nitrogens with one attached hydrogen (secondary N) is 1. The highest BCUT2D eigenvalue weighted by Crippen LogP contribution is 2.40. The summed E-state index contributed by atoms with van der Waals surface area (Å²) in [4.78, 5) is 26.4. The highest BCUT2D eigenvalue weighted by Gasteiger charge is 2.32. The van der Waals surface area contributed by atoms with E-state index in [0.717, 1.165) is 43.4 Å². The zero-order valence-electron chi connectivity index (χ0n) is 17.3. The first kappa shape index (κ1) is 19.9. The lowest BCUT2D eigenvalue weighted by Crippen LogP contribution is -2.30. The number of aryl methyl sites for hydroxylation is 1. The summed E-state index contributed by atoms with van der Waals surface area (Å²) < 4.78 is 17.2. The number of carbonyl (C=O) groups excluding carboxylic acids is 1. The Morgan fingerprint density at radius 2 is 2.07 bits per heavy atom. The van der Waals surface area contributed by atoms with Crippen molar-refractivity contribution >= 4 is 22.5 Å². The van der Waals surface area contributed by atoms with Gasteiger partial charge in [-0.25, -0.2) is 4.39 Å². The Bertz CT molecular complexity index is 1030. The molecular formula is C22H29FN4O2. The maximum absolute atomic E-state index is 15.3. The van der Waals surface area contributed by atoms with E-state index in [1.165, 1.54) is 19.1 Å². The first-order chi connectivity index (χ1) is 13.8. The zero-order chi connectivity index (χ0) is 20.9. The van der Waals surface area contributed by atoms with Crippen LogP contribution in [0, 0.1) is 18.7 Å². The minimum atomic E-state index is -0.287. The molecule has 0 bridgehead atoms. The molecule has 1 aromatic carbocycles. The monoisotopic (exact) mass is 400 g/mol. The minimum Gasteiger partial charge on any atom is -0.369 e. The van der Waals surface area contributed by atoms with Gasteiger partial charge < -0.3 is 20.5 Å². The van der Waals surface area contributed by atoms with Crippen molar-refractivity contribution in [2.75, 3.05) is 18.0 Å². The lowest BCUT2D eigenvalue weighted by molar-refractivity contribution is -0.119. The number of fused-ring (bicyclic) bond motifs is 1. The summed E-state index contributed by atoms with van der Waals surface area (Å²) in [5.41, 5.74) is 8.80. The van der Waals surface area contributed by atoms with Crippen LogP contribution in [0.3, 0.4) is 0 Å².